The minimum atomic E-state index is -0.275. The molecule has 0 bridgehead atoms. The van der Waals surface area contributed by atoms with Crippen molar-refractivity contribution in [2.75, 3.05) is 7.11 Å². The topological polar surface area (TPSA) is 59.4 Å². The largest absolute Gasteiger partial charge is 0.497 e. The second kappa shape index (κ2) is 7.27. The summed E-state index contributed by atoms with van der Waals surface area (Å²) in [6, 6.07) is 17.2. The molecule has 0 saturated heterocycles. The van der Waals surface area contributed by atoms with Crippen LogP contribution in [0, 0.1) is 0 Å². The molecular formula is C22H25N3O2. The Hall–Kier alpha value is -3.08. The van der Waals surface area contributed by atoms with Crippen LogP contribution in [0.1, 0.15) is 33.3 Å². The van der Waals surface area contributed by atoms with E-state index in [1.165, 1.54) is 0 Å². The first kappa shape index (κ1) is 18.7. The first-order valence-electron chi connectivity index (χ1n) is 8.92. The molecule has 0 atom stereocenters. The Morgan fingerprint density at radius 1 is 1.04 bits per heavy atom. The van der Waals surface area contributed by atoms with Crippen molar-refractivity contribution in [3.8, 4) is 22.7 Å². The SMILES string of the molecule is COc1ccc(-c2[nH]n(-c3ccccc3)c(=O)c2C(C)=NC(C)(C)C)cc1. The molecule has 3 aromatic rings. The summed E-state index contributed by atoms with van der Waals surface area (Å²) in [7, 11) is 1.63. The highest BCUT2D eigenvalue weighted by Gasteiger charge is 2.21. The number of aromatic amines is 1. The molecule has 1 aromatic heterocycles. The first-order chi connectivity index (χ1) is 12.8. The van der Waals surface area contributed by atoms with Crippen LogP contribution in [0.25, 0.3) is 16.9 Å². The molecule has 1 heterocycles. The zero-order valence-electron chi connectivity index (χ0n) is 16.4. The van der Waals surface area contributed by atoms with Crippen LogP contribution in [0.5, 0.6) is 5.75 Å². The van der Waals surface area contributed by atoms with Crippen molar-refractivity contribution in [1.29, 1.82) is 0 Å². The van der Waals surface area contributed by atoms with Gasteiger partial charge < -0.3 is 4.74 Å². The molecule has 5 nitrogen and oxygen atoms in total. The Kier molecular flexibility index (Phi) is 5.04. The molecule has 0 aliphatic carbocycles. The molecule has 0 amide bonds. The fourth-order valence-corrected chi connectivity index (χ4v) is 3.06. The average molecular weight is 363 g/mol. The Morgan fingerprint density at radius 2 is 1.67 bits per heavy atom. The van der Waals surface area contributed by atoms with Gasteiger partial charge >= 0.3 is 0 Å². The molecule has 3 rings (SSSR count). The van der Waals surface area contributed by atoms with Crippen molar-refractivity contribution in [3.63, 3.8) is 0 Å². The predicted molar refractivity (Wildman–Crippen MR) is 110 cm³/mol. The van der Waals surface area contributed by atoms with Gasteiger partial charge in [-0.05, 0) is 64.1 Å². The van der Waals surface area contributed by atoms with Gasteiger partial charge in [0.15, 0.2) is 0 Å². The van der Waals surface area contributed by atoms with Crippen molar-refractivity contribution in [1.82, 2.24) is 9.78 Å². The molecule has 2 aromatic carbocycles. The first-order valence-corrected chi connectivity index (χ1v) is 8.92. The minimum absolute atomic E-state index is 0.113. The number of rotatable bonds is 4. The molecule has 0 unspecified atom stereocenters. The number of benzene rings is 2. The lowest BCUT2D eigenvalue weighted by molar-refractivity contribution is 0.415. The Balaban J connectivity index is 2.24. The fraction of sp³-hybridized carbons (Fsp3) is 0.273. The molecule has 0 fully saturated rings. The summed E-state index contributed by atoms with van der Waals surface area (Å²) in [6.45, 7) is 7.95. The Labute approximate surface area is 159 Å². The summed E-state index contributed by atoms with van der Waals surface area (Å²) in [4.78, 5) is 18.0. The standard InChI is InChI=1S/C22H25N3O2/c1-15(23-22(2,3)4)19-20(16-11-13-18(27-5)14-12-16)24-25(21(19)26)17-9-7-6-8-10-17/h6-14,24H,1-5H3. The molecular weight excluding hydrogens is 338 g/mol. The van der Waals surface area contributed by atoms with Gasteiger partial charge in [0.1, 0.15) is 5.75 Å². The van der Waals surface area contributed by atoms with Crippen LogP contribution < -0.4 is 10.3 Å². The highest BCUT2D eigenvalue weighted by Crippen LogP contribution is 2.25. The maximum atomic E-state index is 13.2. The van der Waals surface area contributed by atoms with E-state index in [-0.39, 0.29) is 11.1 Å². The third-order valence-corrected chi connectivity index (χ3v) is 4.15. The normalized spacial score (nSPS) is 12.3. The predicted octanol–water partition coefficient (Wildman–Crippen LogP) is 4.45. The second-order valence-corrected chi connectivity index (χ2v) is 7.43. The fourth-order valence-electron chi connectivity index (χ4n) is 3.06. The smallest absolute Gasteiger partial charge is 0.280 e. The molecule has 0 aliphatic heterocycles. The number of ether oxygens (including phenoxy) is 1. The van der Waals surface area contributed by atoms with Crippen LogP contribution in [0.4, 0.5) is 0 Å². The van der Waals surface area contributed by atoms with Crippen molar-refractivity contribution in [2.45, 2.75) is 33.2 Å². The van der Waals surface area contributed by atoms with Gasteiger partial charge in [-0.25, -0.2) is 4.68 Å². The second-order valence-electron chi connectivity index (χ2n) is 7.43. The molecule has 0 radical (unpaired) electrons. The van der Waals surface area contributed by atoms with Crippen LogP contribution in [0.3, 0.4) is 0 Å². The Morgan fingerprint density at radius 3 is 2.22 bits per heavy atom. The van der Waals surface area contributed by atoms with E-state index in [9.17, 15) is 4.79 Å². The van der Waals surface area contributed by atoms with E-state index in [2.05, 4.69) is 5.10 Å². The summed E-state index contributed by atoms with van der Waals surface area (Å²) in [5.41, 5.74) is 3.34. The highest BCUT2D eigenvalue weighted by molar-refractivity contribution is 6.03. The number of H-pyrrole nitrogens is 1. The van der Waals surface area contributed by atoms with Gasteiger partial charge in [-0.2, -0.15) is 0 Å². The van der Waals surface area contributed by atoms with Gasteiger partial charge in [-0.3, -0.25) is 14.9 Å². The maximum absolute atomic E-state index is 13.2. The zero-order chi connectivity index (χ0) is 19.6. The van der Waals surface area contributed by atoms with E-state index >= 15 is 0 Å². The van der Waals surface area contributed by atoms with E-state index in [1.54, 1.807) is 11.8 Å². The van der Waals surface area contributed by atoms with E-state index in [4.69, 9.17) is 9.73 Å². The molecule has 0 saturated carbocycles. The van der Waals surface area contributed by atoms with E-state index in [0.717, 1.165) is 22.7 Å². The van der Waals surface area contributed by atoms with Crippen molar-refractivity contribution < 1.29 is 4.74 Å². The van der Waals surface area contributed by atoms with Crippen LogP contribution >= 0.6 is 0 Å². The Bertz CT molecular complexity index is 1000. The van der Waals surface area contributed by atoms with Gasteiger partial charge in [0.25, 0.3) is 5.56 Å². The number of hydrogen-bond donors (Lipinski definition) is 1. The summed E-state index contributed by atoms with van der Waals surface area (Å²) in [5, 5.41) is 3.27. The summed E-state index contributed by atoms with van der Waals surface area (Å²) < 4.78 is 6.81. The molecule has 1 N–H and O–H groups in total. The van der Waals surface area contributed by atoms with Crippen LogP contribution in [0.15, 0.2) is 64.4 Å². The lowest BCUT2D eigenvalue weighted by Gasteiger charge is -2.14. The zero-order valence-corrected chi connectivity index (χ0v) is 16.4. The minimum Gasteiger partial charge on any atom is -0.497 e. The maximum Gasteiger partial charge on any atom is 0.280 e. The summed E-state index contributed by atoms with van der Waals surface area (Å²) >= 11 is 0. The van der Waals surface area contributed by atoms with Crippen LogP contribution in [-0.2, 0) is 0 Å². The quantitative estimate of drug-likeness (QED) is 0.696. The number of methoxy groups -OCH3 is 1. The molecule has 27 heavy (non-hydrogen) atoms. The number of nitrogens with one attached hydrogen (secondary N) is 1. The van der Waals surface area contributed by atoms with Crippen molar-refractivity contribution in [3.05, 3.63) is 70.5 Å². The summed E-state index contributed by atoms with van der Waals surface area (Å²) in [5.74, 6) is 0.769. The third kappa shape index (κ3) is 4.03. The van der Waals surface area contributed by atoms with E-state index in [1.807, 2.05) is 82.3 Å². The lowest BCUT2D eigenvalue weighted by atomic mass is 10.0. The number of para-hydroxylation sites is 1. The lowest BCUT2D eigenvalue weighted by Crippen LogP contribution is -2.22. The average Bonchev–Trinajstić information content (AvgIpc) is 2.98. The molecule has 0 spiro atoms. The third-order valence-electron chi connectivity index (χ3n) is 4.15. The van der Waals surface area contributed by atoms with Crippen LogP contribution in [0.2, 0.25) is 0 Å². The van der Waals surface area contributed by atoms with E-state index in [0.29, 0.717) is 11.3 Å². The van der Waals surface area contributed by atoms with Gasteiger partial charge in [0.2, 0.25) is 0 Å². The van der Waals surface area contributed by atoms with Gasteiger partial charge in [0, 0.05) is 11.3 Å². The number of aromatic nitrogens is 2. The van der Waals surface area contributed by atoms with E-state index < -0.39 is 0 Å². The van der Waals surface area contributed by atoms with Crippen molar-refractivity contribution >= 4 is 5.71 Å². The number of nitrogens with zero attached hydrogens (tertiary/aromatic N) is 2. The van der Waals surface area contributed by atoms with Gasteiger partial charge in [0.05, 0.1) is 29.6 Å². The molecule has 5 heteroatoms. The van der Waals surface area contributed by atoms with Crippen molar-refractivity contribution in [2.24, 2.45) is 4.99 Å². The monoisotopic (exact) mass is 363 g/mol. The molecule has 140 valence electrons. The number of hydrogen-bond acceptors (Lipinski definition) is 3. The number of aliphatic imine (C=N–C) groups is 1. The van der Waals surface area contributed by atoms with Crippen LogP contribution in [-0.4, -0.2) is 28.1 Å². The molecule has 0 aliphatic rings. The summed E-state index contributed by atoms with van der Waals surface area (Å²) in [6.07, 6.45) is 0. The van der Waals surface area contributed by atoms with Gasteiger partial charge in [-0.15, -0.1) is 0 Å². The highest BCUT2D eigenvalue weighted by atomic mass is 16.5. The van der Waals surface area contributed by atoms with Gasteiger partial charge in [-0.1, -0.05) is 18.2 Å².